The van der Waals surface area contributed by atoms with Crippen LogP contribution in [0.4, 0.5) is 10.1 Å². The molecule has 2 amide bonds. The van der Waals surface area contributed by atoms with Crippen molar-refractivity contribution < 1.29 is 14.0 Å². The molecule has 5 rings (SSSR count). The molecule has 0 aliphatic carbocycles. The number of aromatic amines is 1. The highest BCUT2D eigenvalue weighted by Gasteiger charge is 2.27. The first-order chi connectivity index (χ1) is 17.1. The zero-order chi connectivity index (χ0) is 24.2. The maximum Gasteiger partial charge on any atom is 0.227 e. The molecule has 0 unspecified atom stereocenters. The molecule has 2 N–H and O–H groups in total. The summed E-state index contributed by atoms with van der Waals surface area (Å²) < 4.78 is 13.5. The molecule has 3 aromatic carbocycles. The van der Waals surface area contributed by atoms with Gasteiger partial charge >= 0.3 is 0 Å². The van der Waals surface area contributed by atoms with E-state index in [1.54, 1.807) is 12.1 Å². The zero-order valence-corrected chi connectivity index (χ0v) is 19.5. The number of piperidine rings is 1. The Hall–Kier alpha value is -3.93. The lowest BCUT2D eigenvalue weighted by Gasteiger charge is -2.31. The van der Waals surface area contributed by atoms with Crippen LogP contribution in [0.5, 0.6) is 0 Å². The van der Waals surface area contributed by atoms with Gasteiger partial charge in [-0.15, -0.1) is 0 Å². The van der Waals surface area contributed by atoms with E-state index in [9.17, 15) is 14.0 Å². The SMILES string of the molecule is O=C(Nc1ccccc1)C1CCN(C(=O)CCc2c(-c3ccc(F)cc3)[nH]c3ccccc23)CC1. The molecule has 1 fully saturated rings. The van der Waals surface area contributed by atoms with Crippen molar-refractivity contribution >= 4 is 28.4 Å². The molecule has 35 heavy (non-hydrogen) atoms. The molecule has 6 heteroatoms. The number of hydrogen-bond donors (Lipinski definition) is 2. The first-order valence-electron chi connectivity index (χ1n) is 12.1. The van der Waals surface area contributed by atoms with Crippen LogP contribution in [0.3, 0.4) is 0 Å². The third-order valence-corrected chi connectivity index (χ3v) is 6.80. The molecule has 0 bridgehead atoms. The van der Waals surface area contributed by atoms with Gasteiger partial charge in [0.2, 0.25) is 11.8 Å². The number of hydrogen-bond acceptors (Lipinski definition) is 2. The van der Waals surface area contributed by atoms with Crippen molar-refractivity contribution in [3.63, 3.8) is 0 Å². The molecule has 1 aliphatic heterocycles. The van der Waals surface area contributed by atoms with Gasteiger partial charge in [-0.3, -0.25) is 9.59 Å². The van der Waals surface area contributed by atoms with Gasteiger partial charge in [0.1, 0.15) is 5.82 Å². The highest BCUT2D eigenvalue weighted by molar-refractivity contribution is 5.93. The van der Waals surface area contributed by atoms with Crippen molar-refractivity contribution in [2.75, 3.05) is 18.4 Å². The van der Waals surface area contributed by atoms with Crippen LogP contribution in [0.2, 0.25) is 0 Å². The Labute approximate surface area is 204 Å². The Balaban J connectivity index is 1.22. The molecule has 5 nitrogen and oxygen atoms in total. The van der Waals surface area contributed by atoms with Gasteiger partial charge in [-0.05, 0) is 72.9 Å². The van der Waals surface area contributed by atoms with Gasteiger partial charge in [0.15, 0.2) is 0 Å². The second-order valence-electron chi connectivity index (χ2n) is 9.04. The van der Waals surface area contributed by atoms with Gasteiger partial charge in [0.25, 0.3) is 0 Å². The standard InChI is InChI=1S/C29H28FN3O2/c30-22-12-10-20(11-13-22)28-25(24-8-4-5-9-26(24)32-28)14-15-27(34)33-18-16-21(17-19-33)29(35)31-23-6-2-1-3-7-23/h1-13,21,32H,14-19H2,(H,31,35). The molecular formula is C29H28FN3O2. The first kappa shape index (κ1) is 22.8. The molecule has 0 saturated carbocycles. The zero-order valence-electron chi connectivity index (χ0n) is 19.5. The number of aryl methyl sites for hydroxylation is 1. The summed E-state index contributed by atoms with van der Waals surface area (Å²) in [5.74, 6) is -0.242. The number of anilines is 1. The number of benzene rings is 3. The van der Waals surface area contributed by atoms with E-state index in [1.807, 2.05) is 53.4 Å². The maximum absolute atomic E-state index is 13.5. The predicted octanol–water partition coefficient (Wildman–Crippen LogP) is 5.78. The Kier molecular flexibility index (Phi) is 6.62. The van der Waals surface area contributed by atoms with Gasteiger partial charge in [-0.25, -0.2) is 4.39 Å². The summed E-state index contributed by atoms with van der Waals surface area (Å²) in [6.07, 6.45) is 2.30. The quantitative estimate of drug-likeness (QED) is 0.376. The molecule has 0 spiro atoms. The lowest BCUT2D eigenvalue weighted by atomic mass is 9.95. The number of amides is 2. The summed E-state index contributed by atoms with van der Waals surface area (Å²) in [5, 5.41) is 4.05. The van der Waals surface area contributed by atoms with E-state index in [0.717, 1.165) is 33.4 Å². The fourth-order valence-corrected chi connectivity index (χ4v) is 4.87. The number of nitrogens with zero attached hydrogens (tertiary/aromatic N) is 1. The lowest BCUT2D eigenvalue weighted by molar-refractivity contribution is -0.134. The average Bonchev–Trinajstić information content (AvgIpc) is 3.27. The predicted molar refractivity (Wildman–Crippen MR) is 136 cm³/mol. The molecule has 1 saturated heterocycles. The number of aromatic nitrogens is 1. The number of carbonyl (C=O) groups is 2. The van der Waals surface area contributed by atoms with Gasteiger partial charge in [0.05, 0.1) is 0 Å². The summed E-state index contributed by atoms with van der Waals surface area (Å²) in [7, 11) is 0. The molecule has 178 valence electrons. The van der Waals surface area contributed by atoms with E-state index in [0.29, 0.717) is 38.8 Å². The number of rotatable bonds is 6. The molecule has 1 aliphatic rings. The van der Waals surface area contributed by atoms with Crippen LogP contribution in [-0.4, -0.2) is 34.8 Å². The average molecular weight is 470 g/mol. The second kappa shape index (κ2) is 10.1. The third kappa shape index (κ3) is 5.11. The van der Waals surface area contributed by atoms with Crippen LogP contribution < -0.4 is 5.32 Å². The monoisotopic (exact) mass is 469 g/mol. The number of nitrogens with one attached hydrogen (secondary N) is 2. The topological polar surface area (TPSA) is 65.2 Å². The number of H-pyrrole nitrogens is 1. The summed E-state index contributed by atoms with van der Waals surface area (Å²) in [6, 6.07) is 23.9. The van der Waals surface area contributed by atoms with Gasteiger partial charge in [-0.2, -0.15) is 0 Å². The molecular weight excluding hydrogens is 441 g/mol. The van der Waals surface area contributed by atoms with Crippen molar-refractivity contribution in [2.45, 2.75) is 25.7 Å². The van der Waals surface area contributed by atoms with Crippen molar-refractivity contribution in [1.29, 1.82) is 0 Å². The van der Waals surface area contributed by atoms with Crippen molar-refractivity contribution in [2.24, 2.45) is 5.92 Å². The van der Waals surface area contributed by atoms with Crippen LogP contribution in [0.25, 0.3) is 22.2 Å². The Morgan fingerprint density at radius 2 is 1.60 bits per heavy atom. The minimum absolute atomic E-state index is 0.0195. The van der Waals surface area contributed by atoms with E-state index >= 15 is 0 Å². The van der Waals surface area contributed by atoms with Crippen molar-refractivity contribution in [1.82, 2.24) is 9.88 Å². The summed E-state index contributed by atoms with van der Waals surface area (Å²) in [5.41, 5.74) is 4.69. The van der Waals surface area contributed by atoms with E-state index in [-0.39, 0.29) is 23.5 Å². The van der Waals surface area contributed by atoms with Crippen LogP contribution >= 0.6 is 0 Å². The van der Waals surface area contributed by atoms with Crippen molar-refractivity contribution in [3.05, 3.63) is 90.2 Å². The third-order valence-electron chi connectivity index (χ3n) is 6.80. The van der Waals surface area contributed by atoms with E-state index < -0.39 is 0 Å². The fraction of sp³-hybridized carbons (Fsp3) is 0.241. The van der Waals surface area contributed by atoms with Gasteiger partial charge in [0, 0.05) is 47.7 Å². The van der Waals surface area contributed by atoms with Gasteiger partial charge < -0.3 is 15.2 Å². The number of halogens is 1. The lowest BCUT2D eigenvalue weighted by Crippen LogP contribution is -2.41. The number of likely N-dealkylation sites (tertiary alicyclic amines) is 1. The Morgan fingerprint density at radius 1 is 0.914 bits per heavy atom. The Bertz CT molecular complexity index is 1320. The molecule has 2 heterocycles. The summed E-state index contributed by atoms with van der Waals surface area (Å²) in [4.78, 5) is 31.0. The second-order valence-corrected chi connectivity index (χ2v) is 9.04. The highest BCUT2D eigenvalue weighted by atomic mass is 19.1. The Morgan fingerprint density at radius 3 is 2.34 bits per heavy atom. The van der Waals surface area contributed by atoms with E-state index in [4.69, 9.17) is 0 Å². The van der Waals surface area contributed by atoms with Gasteiger partial charge in [-0.1, -0.05) is 36.4 Å². The smallest absolute Gasteiger partial charge is 0.227 e. The molecule has 1 aromatic heterocycles. The molecule has 0 atom stereocenters. The minimum Gasteiger partial charge on any atom is -0.354 e. The van der Waals surface area contributed by atoms with E-state index in [1.165, 1.54) is 12.1 Å². The normalized spacial score (nSPS) is 14.3. The highest BCUT2D eigenvalue weighted by Crippen LogP contribution is 2.32. The van der Waals surface area contributed by atoms with Crippen LogP contribution in [-0.2, 0) is 16.0 Å². The minimum atomic E-state index is -0.276. The van der Waals surface area contributed by atoms with Crippen LogP contribution in [0.15, 0.2) is 78.9 Å². The molecule has 4 aromatic rings. The summed E-state index contributed by atoms with van der Waals surface area (Å²) in [6.45, 7) is 1.18. The van der Waals surface area contributed by atoms with Crippen LogP contribution in [0.1, 0.15) is 24.8 Å². The van der Waals surface area contributed by atoms with Crippen LogP contribution in [0, 0.1) is 11.7 Å². The number of carbonyl (C=O) groups excluding carboxylic acids is 2. The largest absolute Gasteiger partial charge is 0.354 e. The fourth-order valence-electron chi connectivity index (χ4n) is 4.87. The number of para-hydroxylation sites is 2. The summed E-state index contributed by atoms with van der Waals surface area (Å²) >= 11 is 0. The number of fused-ring (bicyclic) bond motifs is 1. The first-order valence-corrected chi connectivity index (χ1v) is 12.1. The maximum atomic E-state index is 13.5. The van der Waals surface area contributed by atoms with Crippen molar-refractivity contribution in [3.8, 4) is 11.3 Å². The molecule has 0 radical (unpaired) electrons. The van der Waals surface area contributed by atoms with E-state index in [2.05, 4.69) is 16.4 Å².